The smallest absolute Gasteiger partial charge is 0.224 e. The largest absolute Gasteiger partial charge is 0.508 e. The normalized spacial score (nSPS) is 10.3. The number of amides is 1. The van der Waals surface area contributed by atoms with Gasteiger partial charge in [-0.2, -0.15) is 0 Å². The number of benzene rings is 2. The van der Waals surface area contributed by atoms with Gasteiger partial charge in [0.2, 0.25) is 5.91 Å². The molecule has 4 heteroatoms. The van der Waals surface area contributed by atoms with Crippen LogP contribution in [0.1, 0.15) is 17.5 Å². The summed E-state index contributed by atoms with van der Waals surface area (Å²) in [5.41, 5.74) is 1.92. The molecular formula is C17H18FNO2. The standard InChI is InChI=1S/C17H18FNO2/c18-15-7-3-14(4-8-15)12-17(21)19-11-1-2-13-5-9-16(20)10-6-13/h3-10,20H,1-2,11-12H2,(H,19,21). The predicted molar refractivity (Wildman–Crippen MR) is 79.5 cm³/mol. The van der Waals surface area contributed by atoms with Gasteiger partial charge in [-0.05, 0) is 48.2 Å². The lowest BCUT2D eigenvalue weighted by Gasteiger charge is -2.06. The van der Waals surface area contributed by atoms with E-state index in [4.69, 9.17) is 0 Å². The summed E-state index contributed by atoms with van der Waals surface area (Å²) < 4.78 is 12.7. The number of rotatable bonds is 6. The van der Waals surface area contributed by atoms with Gasteiger partial charge in [0.25, 0.3) is 0 Å². The van der Waals surface area contributed by atoms with Crippen LogP contribution in [0.5, 0.6) is 5.75 Å². The van der Waals surface area contributed by atoms with Crippen LogP contribution in [-0.2, 0) is 17.6 Å². The third kappa shape index (κ3) is 5.26. The maximum Gasteiger partial charge on any atom is 0.224 e. The number of hydrogen-bond donors (Lipinski definition) is 2. The maximum absolute atomic E-state index is 12.7. The predicted octanol–water partition coefficient (Wildman–Crippen LogP) is 2.82. The zero-order valence-corrected chi connectivity index (χ0v) is 11.7. The van der Waals surface area contributed by atoms with E-state index < -0.39 is 0 Å². The summed E-state index contributed by atoms with van der Waals surface area (Å²) in [5, 5.41) is 12.0. The molecule has 0 saturated carbocycles. The summed E-state index contributed by atoms with van der Waals surface area (Å²) in [6.45, 7) is 0.598. The maximum atomic E-state index is 12.7. The van der Waals surface area contributed by atoms with E-state index in [0.717, 1.165) is 24.0 Å². The molecule has 0 saturated heterocycles. The highest BCUT2D eigenvalue weighted by molar-refractivity contribution is 5.78. The molecule has 0 radical (unpaired) electrons. The van der Waals surface area contributed by atoms with Crippen LogP contribution in [0.4, 0.5) is 4.39 Å². The van der Waals surface area contributed by atoms with Crippen LogP contribution < -0.4 is 5.32 Å². The molecule has 21 heavy (non-hydrogen) atoms. The summed E-state index contributed by atoms with van der Waals surface area (Å²) >= 11 is 0. The molecule has 0 aromatic heterocycles. The molecule has 2 aromatic rings. The lowest BCUT2D eigenvalue weighted by atomic mass is 10.1. The van der Waals surface area contributed by atoms with E-state index in [9.17, 15) is 14.3 Å². The molecule has 2 rings (SSSR count). The minimum atomic E-state index is -0.298. The summed E-state index contributed by atoms with van der Waals surface area (Å²) in [7, 11) is 0. The summed E-state index contributed by atoms with van der Waals surface area (Å²) in [6, 6.07) is 13.0. The Labute approximate surface area is 123 Å². The van der Waals surface area contributed by atoms with Gasteiger partial charge < -0.3 is 10.4 Å². The topological polar surface area (TPSA) is 49.3 Å². The Hall–Kier alpha value is -2.36. The van der Waals surface area contributed by atoms with Crippen molar-refractivity contribution in [3.8, 4) is 5.75 Å². The number of aryl methyl sites for hydroxylation is 1. The van der Waals surface area contributed by atoms with Crippen LogP contribution in [0.15, 0.2) is 48.5 Å². The van der Waals surface area contributed by atoms with E-state index in [1.165, 1.54) is 12.1 Å². The Bertz CT molecular complexity index is 579. The minimum Gasteiger partial charge on any atom is -0.508 e. The fourth-order valence-corrected chi connectivity index (χ4v) is 2.03. The Morgan fingerprint density at radius 1 is 1.00 bits per heavy atom. The zero-order chi connectivity index (χ0) is 15.1. The second-order valence-corrected chi connectivity index (χ2v) is 4.92. The van der Waals surface area contributed by atoms with E-state index in [-0.39, 0.29) is 23.9 Å². The number of nitrogens with one attached hydrogen (secondary N) is 1. The van der Waals surface area contributed by atoms with Crippen molar-refractivity contribution in [2.45, 2.75) is 19.3 Å². The summed E-state index contributed by atoms with van der Waals surface area (Å²) in [5.74, 6) is -0.105. The second-order valence-electron chi connectivity index (χ2n) is 4.92. The highest BCUT2D eigenvalue weighted by atomic mass is 19.1. The molecule has 3 nitrogen and oxygen atoms in total. The molecule has 0 aliphatic heterocycles. The van der Waals surface area contributed by atoms with Crippen molar-refractivity contribution in [2.75, 3.05) is 6.54 Å². The molecule has 0 atom stereocenters. The van der Waals surface area contributed by atoms with Gasteiger partial charge in [0, 0.05) is 6.54 Å². The van der Waals surface area contributed by atoms with E-state index in [1.807, 2.05) is 12.1 Å². The number of phenolic OH excluding ortho intramolecular Hbond substituents is 1. The van der Waals surface area contributed by atoms with Crippen LogP contribution in [-0.4, -0.2) is 17.6 Å². The molecule has 0 aliphatic carbocycles. The Balaban J connectivity index is 1.67. The molecule has 1 amide bonds. The monoisotopic (exact) mass is 287 g/mol. The Morgan fingerprint density at radius 3 is 2.29 bits per heavy atom. The van der Waals surface area contributed by atoms with Gasteiger partial charge in [0.15, 0.2) is 0 Å². The minimum absolute atomic E-state index is 0.0627. The third-order valence-electron chi connectivity index (χ3n) is 3.18. The molecule has 0 bridgehead atoms. The lowest BCUT2D eigenvalue weighted by molar-refractivity contribution is -0.120. The molecule has 110 valence electrons. The van der Waals surface area contributed by atoms with Crippen molar-refractivity contribution >= 4 is 5.91 Å². The van der Waals surface area contributed by atoms with Crippen molar-refractivity contribution in [2.24, 2.45) is 0 Å². The Kier molecular flexibility index (Phi) is 5.32. The fourth-order valence-electron chi connectivity index (χ4n) is 2.03. The summed E-state index contributed by atoms with van der Waals surface area (Å²) in [4.78, 5) is 11.7. The van der Waals surface area contributed by atoms with E-state index in [0.29, 0.717) is 6.54 Å². The Morgan fingerprint density at radius 2 is 1.62 bits per heavy atom. The van der Waals surface area contributed by atoms with Crippen molar-refractivity contribution in [1.29, 1.82) is 0 Å². The van der Waals surface area contributed by atoms with Crippen molar-refractivity contribution < 1.29 is 14.3 Å². The highest BCUT2D eigenvalue weighted by Gasteiger charge is 2.03. The van der Waals surface area contributed by atoms with Crippen LogP contribution >= 0.6 is 0 Å². The average Bonchev–Trinajstić information content (AvgIpc) is 2.48. The SMILES string of the molecule is O=C(Cc1ccc(F)cc1)NCCCc1ccc(O)cc1. The van der Waals surface area contributed by atoms with E-state index >= 15 is 0 Å². The number of aromatic hydroxyl groups is 1. The first-order valence-corrected chi connectivity index (χ1v) is 6.92. The average molecular weight is 287 g/mol. The van der Waals surface area contributed by atoms with Crippen LogP contribution in [0.25, 0.3) is 0 Å². The van der Waals surface area contributed by atoms with Gasteiger partial charge in [-0.3, -0.25) is 4.79 Å². The quantitative estimate of drug-likeness (QED) is 0.803. The number of carbonyl (C=O) groups excluding carboxylic acids is 1. The highest BCUT2D eigenvalue weighted by Crippen LogP contribution is 2.10. The first-order chi connectivity index (χ1) is 10.1. The van der Waals surface area contributed by atoms with Gasteiger partial charge in [-0.15, -0.1) is 0 Å². The molecule has 0 heterocycles. The molecule has 2 aromatic carbocycles. The first-order valence-electron chi connectivity index (χ1n) is 6.92. The lowest BCUT2D eigenvalue weighted by Crippen LogP contribution is -2.26. The molecule has 0 spiro atoms. The van der Waals surface area contributed by atoms with Crippen LogP contribution in [0.2, 0.25) is 0 Å². The number of phenols is 1. The van der Waals surface area contributed by atoms with Gasteiger partial charge in [-0.1, -0.05) is 24.3 Å². The van der Waals surface area contributed by atoms with E-state index in [2.05, 4.69) is 5.32 Å². The van der Waals surface area contributed by atoms with Crippen molar-refractivity contribution in [3.63, 3.8) is 0 Å². The zero-order valence-electron chi connectivity index (χ0n) is 11.7. The summed E-state index contributed by atoms with van der Waals surface area (Å²) in [6.07, 6.45) is 1.94. The molecule has 0 unspecified atom stereocenters. The fraction of sp³-hybridized carbons (Fsp3) is 0.235. The third-order valence-corrected chi connectivity index (χ3v) is 3.18. The van der Waals surface area contributed by atoms with Crippen LogP contribution in [0, 0.1) is 5.82 Å². The number of hydrogen-bond acceptors (Lipinski definition) is 2. The number of carbonyl (C=O) groups is 1. The first kappa shape index (κ1) is 15.0. The van der Waals surface area contributed by atoms with Gasteiger partial charge in [-0.25, -0.2) is 4.39 Å². The molecule has 2 N–H and O–H groups in total. The van der Waals surface area contributed by atoms with Crippen LogP contribution in [0.3, 0.4) is 0 Å². The second kappa shape index (κ2) is 7.43. The van der Waals surface area contributed by atoms with Gasteiger partial charge >= 0.3 is 0 Å². The van der Waals surface area contributed by atoms with Gasteiger partial charge in [0.1, 0.15) is 11.6 Å². The van der Waals surface area contributed by atoms with Crippen molar-refractivity contribution in [3.05, 3.63) is 65.5 Å². The van der Waals surface area contributed by atoms with Crippen molar-refractivity contribution in [1.82, 2.24) is 5.32 Å². The molecular weight excluding hydrogens is 269 g/mol. The molecule has 0 aliphatic rings. The van der Waals surface area contributed by atoms with Gasteiger partial charge in [0.05, 0.1) is 6.42 Å². The van der Waals surface area contributed by atoms with E-state index in [1.54, 1.807) is 24.3 Å². The number of halogens is 1. The molecule has 0 fully saturated rings.